The zero-order chi connectivity index (χ0) is 26.7. The number of unbranched alkanes of at least 4 members (excludes halogenated alkanes) is 13. The predicted molar refractivity (Wildman–Crippen MR) is 124 cm³/mol. The number of hydrogen-bond acceptors (Lipinski definition) is 5. The molecule has 1 N–H and O–H groups in total. The Morgan fingerprint density at radius 3 is 1.59 bits per heavy atom. The van der Waals surface area contributed by atoms with Crippen molar-refractivity contribution in [3.63, 3.8) is 0 Å². The number of esters is 1. The number of ether oxygens (including phenoxy) is 1. The average molecular weight is 461 g/mol. The summed E-state index contributed by atoms with van der Waals surface area (Å²) < 4.78 is 27.5. The Balaban J connectivity index is 3.77. The number of carboxylic acids is 2. The van der Waals surface area contributed by atoms with E-state index in [2.05, 4.69) is 0 Å². The highest BCUT2D eigenvalue weighted by molar-refractivity contribution is 5.70. The predicted octanol–water partition coefficient (Wildman–Crippen LogP) is 4.07. The maximum Gasteiger partial charge on any atom is 0.306 e. The molecule has 0 aliphatic rings. The van der Waals surface area contributed by atoms with Gasteiger partial charge >= 0.3 is 11.9 Å². The van der Waals surface area contributed by atoms with Gasteiger partial charge in [-0.15, -0.1) is 0 Å². The van der Waals surface area contributed by atoms with Gasteiger partial charge in [0.05, 0.1) is 25.2 Å². The summed E-state index contributed by atoms with van der Waals surface area (Å²) in [7, 11) is 2.91. The van der Waals surface area contributed by atoms with Crippen molar-refractivity contribution in [3.8, 4) is 0 Å². The number of carbonyl (C=O) groups is 3. The summed E-state index contributed by atoms with van der Waals surface area (Å²) in [5.41, 5.74) is 0. The van der Waals surface area contributed by atoms with Crippen LogP contribution in [-0.4, -0.2) is 61.2 Å². The molecule has 0 saturated heterocycles. The van der Waals surface area contributed by atoms with Crippen LogP contribution in [0.5, 0.6) is 0 Å². The van der Waals surface area contributed by atoms with E-state index in [0.29, 0.717) is 6.42 Å². The van der Waals surface area contributed by atoms with Gasteiger partial charge in [0.25, 0.3) is 0 Å². The first-order chi connectivity index (χ1) is 16.3. The van der Waals surface area contributed by atoms with Crippen molar-refractivity contribution in [2.24, 2.45) is 0 Å². The fourth-order valence-corrected chi connectivity index (χ4v) is 3.75. The van der Waals surface area contributed by atoms with E-state index in [-0.39, 0.29) is 19.4 Å². The molecule has 0 spiro atoms. The highest BCUT2D eigenvalue weighted by atomic mass is 16.5. The second-order valence-electron chi connectivity index (χ2n) is 9.40. The van der Waals surface area contributed by atoms with Crippen LogP contribution in [0.15, 0.2) is 0 Å². The molecule has 0 aromatic heterocycles. The molecule has 0 fully saturated rings. The fraction of sp³-hybridized carbons (Fsp3) is 0.880. The highest BCUT2D eigenvalue weighted by Gasteiger charge is 2.22. The summed E-state index contributed by atoms with van der Waals surface area (Å²) >= 11 is 0. The van der Waals surface area contributed by atoms with Gasteiger partial charge in [-0.2, -0.15) is 0 Å². The third-order valence-corrected chi connectivity index (χ3v) is 5.37. The Bertz CT molecular complexity index is 610. The number of aliphatic carboxylic acids is 2. The molecule has 0 unspecified atom stereocenters. The van der Waals surface area contributed by atoms with Gasteiger partial charge in [-0.25, -0.2) is 0 Å². The first-order valence-electron chi connectivity index (χ1n) is 13.8. The Hall–Kier alpha value is -1.63. The largest absolute Gasteiger partial charge is 0.550 e. The summed E-state index contributed by atoms with van der Waals surface area (Å²) in [5.74, 6) is -2.58. The average Bonchev–Trinajstić information content (AvgIpc) is 2.71. The Labute approximate surface area is 199 Å². The van der Waals surface area contributed by atoms with Crippen LogP contribution in [0.2, 0.25) is 0 Å². The van der Waals surface area contributed by atoms with Gasteiger partial charge in [-0.05, 0) is 12.8 Å². The van der Waals surface area contributed by atoms with Gasteiger partial charge in [-0.3, -0.25) is 9.59 Å². The van der Waals surface area contributed by atoms with E-state index in [1.165, 1.54) is 59.0 Å². The van der Waals surface area contributed by atoms with Gasteiger partial charge in [0, 0.05) is 25.2 Å². The third kappa shape index (κ3) is 23.0. The smallest absolute Gasteiger partial charge is 0.306 e. The fourth-order valence-electron chi connectivity index (χ4n) is 3.75. The summed E-state index contributed by atoms with van der Waals surface area (Å²) in [6.45, 7) is -2.47. The van der Waals surface area contributed by atoms with Crippen LogP contribution < -0.4 is 5.11 Å². The molecule has 0 radical (unpaired) electrons. The first kappa shape index (κ1) is 25.0. The van der Waals surface area contributed by atoms with Crippen molar-refractivity contribution in [1.82, 2.24) is 0 Å². The number of rotatable bonds is 22. The monoisotopic (exact) mass is 460 g/mol. The Kier molecular flexibility index (Phi) is 14.8. The first-order valence-corrected chi connectivity index (χ1v) is 12.3. The van der Waals surface area contributed by atoms with Crippen molar-refractivity contribution in [3.05, 3.63) is 0 Å². The molecule has 32 heavy (non-hydrogen) atoms. The molecule has 0 aromatic carbocycles. The number of carboxylic acid groups (broad SMARTS) is 2. The van der Waals surface area contributed by atoms with E-state index >= 15 is 0 Å². The molecule has 0 aliphatic heterocycles. The lowest BCUT2D eigenvalue weighted by Gasteiger charge is -2.29. The van der Waals surface area contributed by atoms with Gasteiger partial charge < -0.3 is 24.2 Å². The van der Waals surface area contributed by atoms with Crippen molar-refractivity contribution in [2.75, 3.05) is 27.6 Å². The zero-order valence-electron chi connectivity index (χ0n) is 23.2. The van der Waals surface area contributed by atoms with Gasteiger partial charge in [-0.1, -0.05) is 77.0 Å². The maximum atomic E-state index is 12.1. The number of likely N-dealkylation sites (N-methyl/N-ethyl adjacent to an activating group) is 1. The second kappa shape index (κ2) is 18.9. The number of hydrogen-bond donors (Lipinski definition) is 1. The van der Waals surface area contributed by atoms with Crippen molar-refractivity contribution < 1.29 is 37.9 Å². The molecule has 0 bridgehead atoms. The van der Waals surface area contributed by atoms with Crippen molar-refractivity contribution in [1.29, 1.82) is 0 Å². The molecule has 188 valence electrons. The Morgan fingerprint density at radius 2 is 1.22 bits per heavy atom. The zero-order valence-corrected chi connectivity index (χ0v) is 20.2. The summed E-state index contributed by atoms with van der Waals surface area (Å²) in [4.78, 5) is 33.5. The molecule has 0 aromatic rings. The number of quaternary nitrogens is 1. The van der Waals surface area contributed by atoms with Crippen molar-refractivity contribution >= 4 is 17.9 Å². The normalized spacial score (nSPS) is 14.2. The molecule has 0 saturated carbocycles. The van der Waals surface area contributed by atoms with Crippen LogP contribution in [0.4, 0.5) is 0 Å². The molecule has 0 aliphatic carbocycles. The van der Waals surface area contributed by atoms with Crippen molar-refractivity contribution in [2.45, 2.75) is 115 Å². The van der Waals surface area contributed by atoms with E-state index in [4.69, 9.17) is 14.0 Å². The lowest BCUT2D eigenvalue weighted by Crippen LogP contribution is -2.45. The summed E-state index contributed by atoms with van der Waals surface area (Å²) in [5, 5.41) is 19.6. The Morgan fingerprint density at radius 1 is 0.812 bits per heavy atom. The third-order valence-electron chi connectivity index (χ3n) is 5.37. The van der Waals surface area contributed by atoms with Gasteiger partial charge in [0.2, 0.25) is 0 Å². The van der Waals surface area contributed by atoms with Gasteiger partial charge in [0.1, 0.15) is 6.54 Å². The molecule has 7 nitrogen and oxygen atoms in total. The second-order valence-corrected chi connectivity index (χ2v) is 9.40. The topological polar surface area (TPSA) is 104 Å². The van der Waals surface area contributed by atoms with E-state index in [0.717, 1.165) is 38.5 Å². The van der Waals surface area contributed by atoms with E-state index in [1.54, 1.807) is 0 Å². The SMILES string of the molecule is [2H]C([2H])([2H])[N+](C)(C)C[C@@H](CC(=O)[O-])OC(=O)CCCCCCCCCCCCCCCCC(=O)O. The quantitative estimate of drug-likeness (QED) is 0.148. The van der Waals surface area contributed by atoms with Crippen LogP contribution in [0, 0.1) is 0 Å². The van der Waals surface area contributed by atoms with Crippen LogP contribution in [-0.2, 0) is 19.1 Å². The van der Waals surface area contributed by atoms with Gasteiger partial charge in [0.15, 0.2) is 6.10 Å². The van der Waals surface area contributed by atoms with E-state index < -0.39 is 41.9 Å². The minimum atomic E-state index is -2.35. The summed E-state index contributed by atoms with van der Waals surface area (Å²) in [6, 6.07) is 0. The highest BCUT2D eigenvalue weighted by Crippen LogP contribution is 2.14. The van der Waals surface area contributed by atoms with Crippen LogP contribution in [0.1, 0.15) is 113 Å². The standard InChI is InChI=1S/C25H47NO6/c1-26(2,3)21-22(20-24(29)30)32-25(31)19-17-15-13-11-9-7-5-4-6-8-10-12-14-16-18-23(27)28/h22H,4-21H2,1-3H3,(H-,27,28,29,30)/t22-/m1/s1/i1D3. The summed E-state index contributed by atoms with van der Waals surface area (Å²) in [6.07, 6.45) is 14.1. The molecule has 0 heterocycles. The van der Waals surface area contributed by atoms with Crippen LogP contribution in [0.3, 0.4) is 0 Å². The number of nitrogens with zero attached hydrogens (tertiary/aromatic N) is 1. The lowest BCUT2D eigenvalue weighted by molar-refractivity contribution is -0.873. The minimum absolute atomic E-state index is 0.122. The number of carbonyl (C=O) groups excluding carboxylic acids is 2. The molecule has 0 rings (SSSR count). The van der Waals surface area contributed by atoms with E-state index in [1.807, 2.05) is 0 Å². The van der Waals surface area contributed by atoms with Crippen LogP contribution >= 0.6 is 0 Å². The molecule has 1 atom stereocenters. The van der Waals surface area contributed by atoms with E-state index in [9.17, 15) is 19.5 Å². The minimum Gasteiger partial charge on any atom is -0.550 e. The molecule has 7 heteroatoms. The molecule has 0 amide bonds. The van der Waals surface area contributed by atoms with Crippen LogP contribution in [0.25, 0.3) is 0 Å². The lowest BCUT2D eigenvalue weighted by atomic mass is 10.0. The molecular formula is C25H47NO6. The molecular weight excluding hydrogens is 410 g/mol. The maximum absolute atomic E-state index is 12.1.